The number of carbonyl (C=O) groups is 2. The summed E-state index contributed by atoms with van der Waals surface area (Å²) < 4.78 is 0. The Labute approximate surface area is 184 Å². The molecule has 0 aromatic heterocycles. The molecule has 0 heterocycles. The van der Waals surface area contributed by atoms with Gasteiger partial charge >= 0.3 is 0 Å². The lowest BCUT2D eigenvalue weighted by Crippen LogP contribution is -2.19. The fourth-order valence-corrected chi connectivity index (χ4v) is 3.48. The number of nitrogens with one attached hydrogen (secondary N) is 2. The minimum atomic E-state index is -0.258. The highest BCUT2D eigenvalue weighted by Crippen LogP contribution is 2.23. The fourth-order valence-electron chi connectivity index (χ4n) is 3.48. The minimum absolute atomic E-state index is 0.0583. The van der Waals surface area contributed by atoms with Crippen LogP contribution in [0.25, 0.3) is 0 Å². The molecule has 2 amide bonds. The number of carbonyl (C=O) groups excluding carboxylic acids is 2. The van der Waals surface area contributed by atoms with E-state index in [4.69, 9.17) is 0 Å². The van der Waals surface area contributed by atoms with Crippen LogP contribution in [0.5, 0.6) is 0 Å². The molecule has 4 heteroatoms. The lowest BCUT2D eigenvalue weighted by atomic mass is 9.96. The van der Waals surface area contributed by atoms with Crippen LogP contribution in [-0.2, 0) is 11.2 Å². The standard InChI is InChI=1S/C27H30N2O2/c1-18(2)16-21-10-12-22(13-11-21)20(4)26(30)28-24-14-15-25(19(3)17-24)29-27(31)23-8-6-5-7-9-23/h5-15,17-18,20H,16H2,1-4H3,(H,28,30)(H,29,31). The Bertz CT molecular complexity index is 1040. The van der Waals surface area contributed by atoms with Crippen LogP contribution in [0.3, 0.4) is 0 Å². The second kappa shape index (κ2) is 10.1. The van der Waals surface area contributed by atoms with Gasteiger partial charge in [0.1, 0.15) is 0 Å². The Morgan fingerprint density at radius 1 is 0.839 bits per heavy atom. The van der Waals surface area contributed by atoms with Crippen LogP contribution < -0.4 is 10.6 Å². The van der Waals surface area contributed by atoms with Crippen molar-refractivity contribution in [3.05, 3.63) is 95.1 Å². The van der Waals surface area contributed by atoms with Crippen molar-refractivity contribution in [1.82, 2.24) is 0 Å². The van der Waals surface area contributed by atoms with E-state index in [-0.39, 0.29) is 17.7 Å². The largest absolute Gasteiger partial charge is 0.326 e. The molecular weight excluding hydrogens is 384 g/mol. The third-order valence-corrected chi connectivity index (χ3v) is 5.30. The predicted molar refractivity (Wildman–Crippen MR) is 128 cm³/mol. The molecule has 0 fully saturated rings. The smallest absolute Gasteiger partial charge is 0.255 e. The van der Waals surface area contributed by atoms with Crippen LogP contribution in [-0.4, -0.2) is 11.8 Å². The normalized spacial score (nSPS) is 11.8. The molecule has 1 atom stereocenters. The Morgan fingerprint density at radius 3 is 2.13 bits per heavy atom. The summed E-state index contributed by atoms with van der Waals surface area (Å²) in [6.45, 7) is 8.22. The van der Waals surface area contributed by atoms with E-state index >= 15 is 0 Å². The average Bonchev–Trinajstić information content (AvgIpc) is 2.75. The van der Waals surface area contributed by atoms with E-state index in [9.17, 15) is 9.59 Å². The summed E-state index contributed by atoms with van der Waals surface area (Å²) in [5.41, 5.74) is 5.20. The predicted octanol–water partition coefficient (Wildman–Crippen LogP) is 6.19. The van der Waals surface area contributed by atoms with Crippen molar-refractivity contribution in [2.24, 2.45) is 5.92 Å². The van der Waals surface area contributed by atoms with Crippen molar-refractivity contribution >= 4 is 23.2 Å². The summed E-state index contributed by atoms with van der Waals surface area (Å²) in [6, 6.07) is 22.9. The molecule has 0 radical (unpaired) electrons. The molecular formula is C27H30N2O2. The van der Waals surface area contributed by atoms with Gasteiger partial charge in [0.15, 0.2) is 0 Å². The van der Waals surface area contributed by atoms with Gasteiger partial charge in [0, 0.05) is 16.9 Å². The second-order valence-electron chi connectivity index (χ2n) is 8.40. The number of aryl methyl sites for hydroxylation is 1. The summed E-state index contributed by atoms with van der Waals surface area (Å²) in [5, 5.41) is 5.91. The maximum absolute atomic E-state index is 12.8. The highest BCUT2D eigenvalue weighted by atomic mass is 16.2. The Kier molecular flexibility index (Phi) is 7.24. The summed E-state index contributed by atoms with van der Waals surface area (Å²) in [5.74, 6) is 0.133. The monoisotopic (exact) mass is 414 g/mol. The Hall–Kier alpha value is -3.40. The van der Waals surface area contributed by atoms with Crippen molar-refractivity contribution in [1.29, 1.82) is 0 Å². The molecule has 2 N–H and O–H groups in total. The second-order valence-corrected chi connectivity index (χ2v) is 8.40. The molecule has 0 aliphatic carbocycles. The average molecular weight is 415 g/mol. The topological polar surface area (TPSA) is 58.2 Å². The van der Waals surface area contributed by atoms with Crippen LogP contribution in [0.15, 0.2) is 72.8 Å². The summed E-state index contributed by atoms with van der Waals surface area (Å²) >= 11 is 0. The van der Waals surface area contributed by atoms with Gasteiger partial charge in [-0.05, 0) is 73.2 Å². The molecule has 160 valence electrons. The molecule has 0 aliphatic rings. The van der Waals surface area contributed by atoms with Crippen LogP contribution in [0.4, 0.5) is 11.4 Å². The van der Waals surface area contributed by atoms with Crippen LogP contribution >= 0.6 is 0 Å². The molecule has 31 heavy (non-hydrogen) atoms. The quantitative estimate of drug-likeness (QED) is 0.484. The first-order valence-electron chi connectivity index (χ1n) is 10.7. The van der Waals surface area contributed by atoms with E-state index in [0.29, 0.717) is 17.2 Å². The lowest BCUT2D eigenvalue weighted by molar-refractivity contribution is -0.117. The number of hydrogen-bond acceptors (Lipinski definition) is 2. The molecule has 3 aromatic rings. The number of benzene rings is 3. The molecule has 0 bridgehead atoms. The summed E-state index contributed by atoms with van der Waals surface area (Å²) in [7, 11) is 0. The van der Waals surface area contributed by atoms with Gasteiger partial charge in [0.25, 0.3) is 5.91 Å². The van der Waals surface area contributed by atoms with Gasteiger partial charge in [-0.15, -0.1) is 0 Å². The van der Waals surface area contributed by atoms with Gasteiger partial charge in [-0.1, -0.05) is 56.3 Å². The van der Waals surface area contributed by atoms with E-state index in [2.05, 4.69) is 36.6 Å². The van der Waals surface area contributed by atoms with E-state index in [1.807, 2.05) is 62.4 Å². The van der Waals surface area contributed by atoms with Gasteiger partial charge in [-0.2, -0.15) is 0 Å². The van der Waals surface area contributed by atoms with Crippen molar-refractivity contribution < 1.29 is 9.59 Å². The van der Waals surface area contributed by atoms with E-state index < -0.39 is 0 Å². The van der Waals surface area contributed by atoms with Gasteiger partial charge in [-0.25, -0.2) is 0 Å². The Morgan fingerprint density at radius 2 is 1.52 bits per heavy atom. The third-order valence-electron chi connectivity index (χ3n) is 5.30. The number of amides is 2. The zero-order valence-corrected chi connectivity index (χ0v) is 18.6. The highest BCUT2D eigenvalue weighted by molar-refractivity contribution is 6.05. The molecule has 0 saturated heterocycles. The van der Waals surface area contributed by atoms with E-state index in [0.717, 1.165) is 23.2 Å². The SMILES string of the molecule is Cc1cc(NC(=O)C(C)c2ccc(CC(C)C)cc2)ccc1NC(=O)c1ccccc1. The van der Waals surface area contributed by atoms with Gasteiger partial charge in [0.05, 0.1) is 5.92 Å². The Balaban J connectivity index is 1.63. The minimum Gasteiger partial charge on any atom is -0.326 e. The van der Waals surface area contributed by atoms with Crippen LogP contribution in [0.1, 0.15) is 53.7 Å². The molecule has 0 saturated carbocycles. The number of rotatable bonds is 7. The van der Waals surface area contributed by atoms with Crippen LogP contribution in [0.2, 0.25) is 0 Å². The fraction of sp³-hybridized carbons (Fsp3) is 0.259. The zero-order valence-electron chi connectivity index (χ0n) is 18.6. The first-order valence-corrected chi connectivity index (χ1v) is 10.7. The number of anilines is 2. The lowest BCUT2D eigenvalue weighted by Gasteiger charge is -2.15. The summed E-state index contributed by atoms with van der Waals surface area (Å²) in [4.78, 5) is 25.1. The third kappa shape index (κ3) is 6.05. The van der Waals surface area contributed by atoms with Gasteiger partial charge in [0.2, 0.25) is 5.91 Å². The maximum Gasteiger partial charge on any atom is 0.255 e. The van der Waals surface area contributed by atoms with E-state index in [1.165, 1.54) is 5.56 Å². The summed E-state index contributed by atoms with van der Waals surface area (Å²) in [6.07, 6.45) is 1.04. The molecule has 4 nitrogen and oxygen atoms in total. The zero-order chi connectivity index (χ0) is 22.4. The molecule has 3 aromatic carbocycles. The first kappa shape index (κ1) is 22.3. The molecule has 0 spiro atoms. The van der Waals surface area contributed by atoms with Crippen molar-refractivity contribution in [2.75, 3.05) is 10.6 Å². The van der Waals surface area contributed by atoms with Crippen molar-refractivity contribution in [3.8, 4) is 0 Å². The molecule has 0 aliphatic heterocycles. The maximum atomic E-state index is 12.8. The molecule has 1 unspecified atom stereocenters. The van der Waals surface area contributed by atoms with Crippen LogP contribution in [0, 0.1) is 12.8 Å². The van der Waals surface area contributed by atoms with Gasteiger partial charge < -0.3 is 10.6 Å². The highest BCUT2D eigenvalue weighted by Gasteiger charge is 2.16. The van der Waals surface area contributed by atoms with E-state index in [1.54, 1.807) is 12.1 Å². The van der Waals surface area contributed by atoms with Crippen molar-refractivity contribution in [3.63, 3.8) is 0 Å². The number of hydrogen-bond donors (Lipinski definition) is 2. The molecule has 3 rings (SSSR count). The van der Waals surface area contributed by atoms with Crippen molar-refractivity contribution in [2.45, 2.75) is 40.0 Å². The first-order chi connectivity index (χ1) is 14.8. The van der Waals surface area contributed by atoms with Gasteiger partial charge in [-0.3, -0.25) is 9.59 Å².